The minimum Gasteiger partial charge on any atom is -0.493 e. The summed E-state index contributed by atoms with van der Waals surface area (Å²) in [6.45, 7) is 2.44. The summed E-state index contributed by atoms with van der Waals surface area (Å²) in [4.78, 5) is 33.0. The number of carbonyl (C=O) groups is 1. The number of hydrazone groups is 1. The molecule has 2 aromatic heterocycles. The zero-order valence-corrected chi connectivity index (χ0v) is 21.9. The van der Waals surface area contributed by atoms with Crippen LogP contribution >= 0.6 is 34.7 Å². The Bertz CT molecular complexity index is 1510. The van der Waals surface area contributed by atoms with Crippen molar-refractivity contribution >= 4 is 57.0 Å². The van der Waals surface area contributed by atoms with Crippen LogP contribution in [0.3, 0.4) is 0 Å². The predicted molar refractivity (Wildman–Crippen MR) is 146 cm³/mol. The predicted octanol–water partition coefficient (Wildman–Crippen LogP) is 5.23. The maximum atomic E-state index is 13.7. The monoisotopic (exact) mass is 538 g/mol. The average Bonchev–Trinajstić information content (AvgIpc) is 3.46. The van der Waals surface area contributed by atoms with E-state index in [0.717, 1.165) is 35.2 Å². The quantitative estimate of drug-likeness (QED) is 0.144. The Balaban J connectivity index is 1.39. The van der Waals surface area contributed by atoms with Crippen molar-refractivity contribution in [3.63, 3.8) is 0 Å². The van der Waals surface area contributed by atoms with Crippen LogP contribution in [0.4, 0.5) is 0 Å². The number of carbonyl (C=O) groups excluding carboxylic acids is 1. The van der Waals surface area contributed by atoms with E-state index in [1.165, 1.54) is 16.6 Å². The van der Waals surface area contributed by atoms with Crippen molar-refractivity contribution in [1.82, 2.24) is 15.0 Å². The van der Waals surface area contributed by atoms with Crippen LogP contribution in [0.5, 0.6) is 5.75 Å². The summed E-state index contributed by atoms with van der Waals surface area (Å²) in [5.41, 5.74) is 4.97. The molecule has 1 aliphatic carbocycles. The first-order chi connectivity index (χ1) is 17.5. The van der Waals surface area contributed by atoms with Gasteiger partial charge in [-0.15, -0.1) is 11.3 Å². The highest BCUT2D eigenvalue weighted by Gasteiger charge is 2.24. The third-order valence-electron chi connectivity index (χ3n) is 5.74. The molecule has 184 valence electrons. The van der Waals surface area contributed by atoms with E-state index < -0.39 is 0 Å². The molecule has 0 spiro atoms. The van der Waals surface area contributed by atoms with Crippen LogP contribution in [0.2, 0.25) is 5.02 Å². The van der Waals surface area contributed by atoms with Crippen LogP contribution in [-0.2, 0) is 17.6 Å². The number of nitrogens with one attached hydrogen (secondary N) is 1. The Hall–Kier alpha value is -3.14. The van der Waals surface area contributed by atoms with Crippen LogP contribution < -0.4 is 15.7 Å². The van der Waals surface area contributed by atoms with E-state index in [0.29, 0.717) is 33.6 Å². The lowest BCUT2D eigenvalue weighted by molar-refractivity contribution is -0.118. The van der Waals surface area contributed by atoms with Gasteiger partial charge in [-0.3, -0.25) is 14.2 Å². The number of para-hydroxylation sites is 1. The number of rotatable bonds is 8. The zero-order chi connectivity index (χ0) is 25.1. The number of hydrogen-bond donors (Lipinski definition) is 1. The van der Waals surface area contributed by atoms with Gasteiger partial charge in [0.25, 0.3) is 11.5 Å². The topological polar surface area (TPSA) is 85.6 Å². The van der Waals surface area contributed by atoms with Gasteiger partial charge in [0.2, 0.25) is 0 Å². The van der Waals surface area contributed by atoms with E-state index in [1.54, 1.807) is 46.4 Å². The lowest BCUT2D eigenvalue weighted by Crippen LogP contribution is -2.24. The number of halogens is 1. The first-order valence-electron chi connectivity index (χ1n) is 11.5. The summed E-state index contributed by atoms with van der Waals surface area (Å²) >= 11 is 8.85. The number of thiophene rings is 1. The van der Waals surface area contributed by atoms with E-state index >= 15 is 0 Å². The summed E-state index contributed by atoms with van der Waals surface area (Å²) in [5, 5.41) is 5.79. The Labute approximate surface area is 221 Å². The van der Waals surface area contributed by atoms with Gasteiger partial charge in [0, 0.05) is 15.5 Å². The number of aryl methyl sites for hydroxylation is 2. The number of fused-ring (bicyclic) bond motifs is 3. The van der Waals surface area contributed by atoms with Crippen molar-refractivity contribution in [1.29, 1.82) is 0 Å². The van der Waals surface area contributed by atoms with Crippen molar-refractivity contribution in [2.75, 3.05) is 12.4 Å². The largest absolute Gasteiger partial charge is 0.493 e. The normalized spacial score (nSPS) is 12.8. The molecule has 0 saturated heterocycles. The molecule has 0 bridgehead atoms. The molecule has 4 aromatic rings. The smallest absolute Gasteiger partial charge is 0.267 e. The molecule has 0 atom stereocenters. The minimum absolute atomic E-state index is 0.0427. The lowest BCUT2D eigenvalue weighted by Gasteiger charge is -2.12. The second kappa shape index (κ2) is 10.9. The summed E-state index contributed by atoms with van der Waals surface area (Å²) in [6.07, 6.45) is 4.48. The SMILES string of the molecule is CCOc1ccccc1C=NNC(=O)CSc1nc2sc3c(c2c(=O)n1-c1ccc(Cl)cc1)CCC3. The van der Waals surface area contributed by atoms with Gasteiger partial charge >= 0.3 is 0 Å². The summed E-state index contributed by atoms with van der Waals surface area (Å²) in [7, 11) is 0. The molecule has 10 heteroatoms. The molecule has 36 heavy (non-hydrogen) atoms. The molecule has 0 aliphatic heterocycles. The van der Waals surface area contributed by atoms with E-state index in [1.807, 2.05) is 31.2 Å². The fourth-order valence-corrected chi connectivity index (χ4v) is 6.38. The zero-order valence-electron chi connectivity index (χ0n) is 19.5. The first-order valence-corrected chi connectivity index (χ1v) is 13.7. The van der Waals surface area contributed by atoms with Crippen molar-refractivity contribution < 1.29 is 9.53 Å². The molecule has 2 aromatic carbocycles. The summed E-state index contributed by atoms with van der Waals surface area (Å²) in [6, 6.07) is 14.5. The standard InChI is InChI=1S/C26H23ClN4O3S2/c1-2-34-20-8-4-3-6-16(20)14-28-30-22(32)15-35-26-29-24-23(19-7-5-9-21(19)36-24)25(33)31(26)18-12-10-17(27)11-13-18/h3-4,6,8,10-14H,2,5,7,9,15H2,1H3,(H,30,32). The average molecular weight is 539 g/mol. The van der Waals surface area contributed by atoms with Gasteiger partial charge in [-0.05, 0) is 68.1 Å². The molecule has 7 nitrogen and oxygen atoms in total. The van der Waals surface area contributed by atoms with Crippen LogP contribution in [0.25, 0.3) is 15.9 Å². The first kappa shape index (κ1) is 24.5. The number of nitrogens with zero attached hydrogens (tertiary/aromatic N) is 3. The Morgan fingerprint density at radius 3 is 2.86 bits per heavy atom. The molecule has 2 heterocycles. The van der Waals surface area contributed by atoms with E-state index in [9.17, 15) is 9.59 Å². The van der Waals surface area contributed by atoms with Gasteiger partial charge < -0.3 is 4.74 Å². The molecule has 1 N–H and O–H groups in total. The number of thioether (sulfide) groups is 1. The van der Waals surface area contributed by atoms with E-state index in [-0.39, 0.29) is 17.2 Å². The van der Waals surface area contributed by atoms with Gasteiger partial charge in [-0.25, -0.2) is 10.4 Å². The molecule has 0 radical (unpaired) electrons. The van der Waals surface area contributed by atoms with Crippen molar-refractivity contribution in [3.05, 3.63) is 79.9 Å². The lowest BCUT2D eigenvalue weighted by atomic mass is 10.2. The number of aromatic nitrogens is 2. The molecule has 1 aliphatic rings. The second-order valence-corrected chi connectivity index (χ2v) is 10.6. The van der Waals surface area contributed by atoms with Crippen molar-refractivity contribution in [2.24, 2.45) is 5.10 Å². The molecular formula is C26H23ClN4O3S2. The van der Waals surface area contributed by atoms with Crippen LogP contribution in [0, 0.1) is 0 Å². The van der Waals surface area contributed by atoms with Crippen LogP contribution in [0.1, 0.15) is 29.3 Å². The van der Waals surface area contributed by atoms with Gasteiger partial charge in [-0.1, -0.05) is 35.5 Å². The number of hydrogen-bond acceptors (Lipinski definition) is 7. The maximum absolute atomic E-state index is 13.7. The third-order valence-corrected chi connectivity index (χ3v) is 8.11. The second-order valence-electron chi connectivity index (χ2n) is 8.10. The molecular weight excluding hydrogens is 516 g/mol. The minimum atomic E-state index is -0.309. The maximum Gasteiger partial charge on any atom is 0.267 e. The molecule has 0 fully saturated rings. The Kier molecular flexibility index (Phi) is 7.41. The van der Waals surface area contributed by atoms with Crippen molar-refractivity contribution in [2.45, 2.75) is 31.3 Å². The molecule has 0 unspecified atom stereocenters. The van der Waals surface area contributed by atoms with E-state index in [4.69, 9.17) is 21.3 Å². The summed E-state index contributed by atoms with van der Waals surface area (Å²) in [5.74, 6) is 0.427. The highest BCUT2D eigenvalue weighted by Crippen LogP contribution is 2.36. The molecule has 0 saturated carbocycles. The van der Waals surface area contributed by atoms with Crippen LogP contribution in [-0.4, -0.2) is 34.0 Å². The van der Waals surface area contributed by atoms with Gasteiger partial charge in [0.1, 0.15) is 10.6 Å². The highest BCUT2D eigenvalue weighted by molar-refractivity contribution is 7.99. The number of amides is 1. The van der Waals surface area contributed by atoms with Crippen molar-refractivity contribution in [3.8, 4) is 11.4 Å². The number of ether oxygens (including phenoxy) is 1. The highest BCUT2D eigenvalue weighted by atomic mass is 35.5. The van der Waals surface area contributed by atoms with Crippen LogP contribution in [0.15, 0.2) is 63.6 Å². The fourth-order valence-electron chi connectivity index (χ4n) is 4.15. The molecule has 5 rings (SSSR count). The van der Waals surface area contributed by atoms with Gasteiger partial charge in [0.05, 0.1) is 29.6 Å². The third kappa shape index (κ3) is 5.04. The van der Waals surface area contributed by atoms with Gasteiger partial charge in [0.15, 0.2) is 5.16 Å². The molecule has 1 amide bonds. The Morgan fingerprint density at radius 1 is 1.25 bits per heavy atom. The fraction of sp³-hybridized carbons (Fsp3) is 0.231. The Morgan fingerprint density at radius 2 is 2.06 bits per heavy atom. The summed E-state index contributed by atoms with van der Waals surface area (Å²) < 4.78 is 7.15. The van der Waals surface area contributed by atoms with E-state index in [2.05, 4.69) is 10.5 Å². The number of benzene rings is 2. The van der Waals surface area contributed by atoms with Gasteiger partial charge in [-0.2, -0.15) is 5.10 Å².